The largest absolute Gasteiger partial charge is 0.497 e. The van der Waals surface area contributed by atoms with Gasteiger partial charge in [-0.15, -0.1) is 0 Å². The lowest BCUT2D eigenvalue weighted by molar-refractivity contribution is -0.145. The van der Waals surface area contributed by atoms with Gasteiger partial charge in [0, 0.05) is 5.69 Å². The summed E-state index contributed by atoms with van der Waals surface area (Å²) in [6.07, 6.45) is 2.48. The van der Waals surface area contributed by atoms with Gasteiger partial charge in [-0.2, -0.15) is 0 Å². The van der Waals surface area contributed by atoms with Crippen molar-refractivity contribution < 1.29 is 24.2 Å². The zero-order chi connectivity index (χ0) is 15.0. The molecule has 0 aliphatic carbocycles. The van der Waals surface area contributed by atoms with Crippen LogP contribution in [0.15, 0.2) is 36.4 Å². The first-order valence-electron chi connectivity index (χ1n) is 6.61. The van der Waals surface area contributed by atoms with E-state index in [4.69, 9.17) is 9.47 Å². The molecule has 110 valence electrons. The van der Waals surface area contributed by atoms with Crippen LogP contribution in [0.1, 0.15) is 0 Å². The Hall–Kier alpha value is -2.34. The average molecular weight is 289 g/mol. The summed E-state index contributed by atoms with van der Waals surface area (Å²) in [4.78, 5) is 23.7. The maximum absolute atomic E-state index is 12.4. The summed E-state index contributed by atoms with van der Waals surface area (Å²) in [5, 5.41) is 12.0. The maximum atomic E-state index is 12.4. The zero-order valence-corrected chi connectivity index (χ0v) is 11.4. The fourth-order valence-electron chi connectivity index (χ4n) is 2.81. The lowest BCUT2D eigenvalue weighted by Gasteiger charge is -2.21. The molecule has 1 aromatic carbocycles. The van der Waals surface area contributed by atoms with Gasteiger partial charge in [-0.05, 0) is 24.3 Å². The van der Waals surface area contributed by atoms with Gasteiger partial charge in [-0.25, -0.2) is 0 Å². The number of fused-ring (bicyclic) bond motifs is 2. The molecule has 3 rings (SSSR count). The second-order valence-electron chi connectivity index (χ2n) is 5.06. The monoisotopic (exact) mass is 289 g/mol. The molecule has 0 aromatic heterocycles. The summed E-state index contributed by atoms with van der Waals surface area (Å²) in [5.41, 5.74) is 0.594. The number of carboxylic acids is 1. The molecule has 1 saturated heterocycles. The number of anilines is 1. The SMILES string of the molecule is COc1ccc(NC(=O)[C@H]2[C@@H](C(=O)O)[C@H]3C=C[C@H]2O3)cc1. The van der Waals surface area contributed by atoms with Crippen molar-refractivity contribution in [3.05, 3.63) is 36.4 Å². The molecule has 1 aromatic rings. The van der Waals surface area contributed by atoms with Crippen LogP contribution in [0.5, 0.6) is 5.75 Å². The number of aliphatic carboxylic acids is 1. The number of carboxylic acid groups (broad SMARTS) is 1. The minimum atomic E-state index is -1.01. The van der Waals surface area contributed by atoms with Gasteiger partial charge in [0.05, 0.1) is 25.2 Å². The van der Waals surface area contributed by atoms with Crippen LogP contribution in [0, 0.1) is 11.8 Å². The summed E-state index contributed by atoms with van der Waals surface area (Å²) in [5.74, 6) is -2.22. The predicted molar refractivity (Wildman–Crippen MR) is 74.0 cm³/mol. The van der Waals surface area contributed by atoms with Gasteiger partial charge in [0.25, 0.3) is 0 Å². The van der Waals surface area contributed by atoms with E-state index < -0.39 is 30.0 Å². The molecule has 0 unspecified atom stereocenters. The highest BCUT2D eigenvalue weighted by molar-refractivity contribution is 5.96. The molecule has 0 spiro atoms. The fourth-order valence-corrected chi connectivity index (χ4v) is 2.81. The standard InChI is InChI=1S/C15H15NO5/c1-20-9-4-2-8(3-5-9)16-14(17)12-10-6-7-11(21-10)13(12)15(18)19/h2-7,10-13H,1H3,(H,16,17)(H,18,19)/t10-,11-,12-,13+/m1/s1. The number of rotatable bonds is 4. The zero-order valence-electron chi connectivity index (χ0n) is 11.4. The minimum absolute atomic E-state index is 0.343. The Morgan fingerprint density at radius 3 is 2.33 bits per heavy atom. The van der Waals surface area contributed by atoms with Crippen molar-refractivity contribution in [3.8, 4) is 5.75 Å². The van der Waals surface area contributed by atoms with Gasteiger partial charge in [0.15, 0.2) is 0 Å². The molecule has 2 N–H and O–H groups in total. The van der Waals surface area contributed by atoms with Crippen LogP contribution in [0.25, 0.3) is 0 Å². The third-order valence-electron chi connectivity index (χ3n) is 3.84. The average Bonchev–Trinajstić information content (AvgIpc) is 3.08. The first-order chi connectivity index (χ1) is 10.1. The van der Waals surface area contributed by atoms with Gasteiger partial charge >= 0.3 is 5.97 Å². The Morgan fingerprint density at radius 2 is 1.76 bits per heavy atom. The smallest absolute Gasteiger partial charge is 0.310 e. The highest BCUT2D eigenvalue weighted by Gasteiger charge is 2.53. The highest BCUT2D eigenvalue weighted by Crippen LogP contribution is 2.39. The van der Waals surface area contributed by atoms with Crippen LogP contribution < -0.4 is 10.1 Å². The van der Waals surface area contributed by atoms with Crippen LogP contribution in [0.4, 0.5) is 5.69 Å². The molecule has 2 heterocycles. The second kappa shape index (κ2) is 5.21. The van der Waals surface area contributed by atoms with Crippen LogP contribution in [0.3, 0.4) is 0 Å². The Morgan fingerprint density at radius 1 is 1.14 bits per heavy atom. The lowest BCUT2D eigenvalue weighted by Crippen LogP contribution is -2.39. The summed E-state index contributed by atoms with van der Waals surface area (Å²) in [6, 6.07) is 6.86. The molecule has 2 aliphatic heterocycles. The highest BCUT2D eigenvalue weighted by atomic mass is 16.5. The fraction of sp³-hybridized carbons (Fsp3) is 0.333. The number of carbonyl (C=O) groups excluding carboxylic acids is 1. The normalized spacial score (nSPS) is 29.4. The molecule has 2 bridgehead atoms. The number of hydrogen-bond acceptors (Lipinski definition) is 4. The number of benzene rings is 1. The van der Waals surface area contributed by atoms with Crippen molar-refractivity contribution >= 4 is 17.6 Å². The molecule has 1 amide bonds. The summed E-state index contributed by atoms with van der Waals surface area (Å²) >= 11 is 0. The summed E-state index contributed by atoms with van der Waals surface area (Å²) in [7, 11) is 1.56. The molecular weight excluding hydrogens is 274 g/mol. The third-order valence-corrected chi connectivity index (χ3v) is 3.84. The Kier molecular flexibility index (Phi) is 3.39. The number of amides is 1. The second-order valence-corrected chi connectivity index (χ2v) is 5.06. The van der Waals surface area contributed by atoms with Gasteiger partial charge in [-0.3, -0.25) is 9.59 Å². The molecule has 2 aliphatic rings. The van der Waals surface area contributed by atoms with Crippen molar-refractivity contribution in [2.24, 2.45) is 11.8 Å². The number of carbonyl (C=O) groups is 2. The Bertz CT molecular complexity index is 595. The van der Waals surface area contributed by atoms with Gasteiger partial charge < -0.3 is 19.9 Å². The summed E-state index contributed by atoms with van der Waals surface area (Å²) < 4.78 is 10.5. The molecule has 6 nitrogen and oxygen atoms in total. The van der Waals surface area contributed by atoms with E-state index in [-0.39, 0.29) is 5.91 Å². The van der Waals surface area contributed by atoms with Crippen LogP contribution in [-0.2, 0) is 14.3 Å². The quantitative estimate of drug-likeness (QED) is 0.816. The molecular formula is C15H15NO5. The first kappa shape index (κ1) is 13.6. The molecule has 6 heteroatoms. The van der Waals surface area contributed by atoms with Crippen LogP contribution >= 0.6 is 0 Å². The van der Waals surface area contributed by atoms with E-state index in [1.807, 2.05) is 0 Å². The molecule has 1 fully saturated rings. The lowest BCUT2D eigenvalue weighted by atomic mass is 9.82. The number of hydrogen-bond donors (Lipinski definition) is 2. The van der Waals surface area contributed by atoms with Gasteiger partial charge in [-0.1, -0.05) is 12.2 Å². The van der Waals surface area contributed by atoms with Crippen LogP contribution in [0.2, 0.25) is 0 Å². The van der Waals surface area contributed by atoms with E-state index in [1.54, 1.807) is 43.5 Å². The van der Waals surface area contributed by atoms with Crippen molar-refractivity contribution in [1.82, 2.24) is 0 Å². The molecule has 21 heavy (non-hydrogen) atoms. The summed E-state index contributed by atoms with van der Waals surface area (Å²) in [6.45, 7) is 0. The number of methoxy groups -OCH3 is 1. The van der Waals surface area contributed by atoms with E-state index in [0.29, 0.717) is 11.4 Å². The van der Waals surface area contributed by atoms with E-state index in [0.717, 1.165) is 0 Å². The topological polar surface area (TPSA) is 84.9 Å². The van der Waals surface area contributed by atoms with E-state index in [1.165, 1.54) is 0 Å². The first-order valence-corrected chi connectivity index (χ1v) is 6.61. The van der Waals surface area contributed by atoms with E-state index >= 15 is 0 Å². The maximum Gasteiger partial charge on any atom is 0.310 e. The van der Waals surface area contributed by atoms with Crippen molar-refractivity contribution in [1.29, 1.82) is 0 Å². The minimum Gasteiger partial charge on any atom is -0.497 e. The van der Waals surface area contributed by atoms with Gasteiger partial charge in [0.2, 0.25) is 5.91 Å². The third kappa shape index (κ3) is 2.38. The molecule has 0 radical (unpaired) electrons. The van der Waals surface area contributed by atoms with E-state index in [2.05, 4.69) is 5.32 Å². The van der Waals surface area contributed by atoms with Gasteiger partial charge in [0.1, 0.15) is 11.7 Å². The van der Waals surface area contributed by atoms with Crippen molar-refractivity contribution in [2.45, 2.75) is 12.2 Å². The number of ether oxygens (including phenoxy) is 2. The predicted octanol–water partition coefficient (Wildman–Crippen LogP) is 1.29. The number of nitrogens with one attached hydrogen (secondary N) is 1. The molecule has 0 saturated carbocycles. The van der Waals surface area contributed by atoms with Crippen molar-refractivity contribution in [2.75, 3.05) is 12.4 Å². The van der Waals surface area contributed by atoms with Crippen LogP contribution in [-0.4, -0.2) is 36.3 Å². The Balaban J connectivity index is 1.75. The molecule has 4 atom stereocenters. The van der Waals surface area contributed by atoms with Crippen molar-refractivity contribution in [3.63, 3.8) is 0 Å². The van der Waals surface area contributed by atoms with E-state index in [9.17, 15) is 14.7 Å². The Labute approximate surface area is 121 Å².